The quantitative estimate of drug-likeness (QED) is 0.832. The number of amidine groups is 1. The van der Waals surface area contributed by atoms with E-state index in [0.717, 1.165) is 24.3 Å². The van der Waals surface area contributed by atoms with Gasteiger partial charge in [0.05, 0.1) is 6.54 Å². The van der Waals surface area contributed by atoms with Crippen LogP contribution in [0.25, 0.3) is 0 Å². The molecule has 17 heavy (non-hydrogen) atoms. The standard InChI is InChI=1S/C14H24N2S/c1-14(7-3-2-4-8-14)10-16-13-15-9-12(17-13)11-5-6-11/h11-12H,2-10H2,1H3,(H,15,16). The summed E-state index contributed by atoms with van der Waals surface area (Å²) in [6.07, 6.45) is 9.95. The van der Waals surface area contributed by atoms with E-state index < -0.39 is 0 Å². The van der Waals surface area contributed by atoms with E-state index >= 15 is 0 Å². The fourth-order valence-electron chi connectivity index (χ4n) is 3.07. The van der Waals surface area contributed by atoms with Crippen LogP contribution < -0.4 is 5.32 Å². The maximum absolute atomic E-state index is 4.66. The van der Waals surface area contributed by atoms with E-state index in [1.807, 2.05) is 11.8 Å². The van der Waals surface area contributed by atoms with Crippen molar-refractivity contribution in [3.63, 3.8) is 0 Å². The van der Waals surface area contributed by atoms with Crippen LogP contribution >= 0.6 is 11.8 Å². The third-order valence-corrected chi connectivity index (χ3v) is 5.89. The van der Waals surface area contributed by atoms with Gasteiger partial charge in [0.15, 0.2) is 5.17 Å². The highest BCUT2D eigenvalue weighted by atomic mass is 32.2. The molecule has 0 aromatic rings. The highest BCUT2D eigenvalue weighted by Crippen LogP contribution is 2.42. The maximum Gasteiger partial charge on any atom is 0.156 e. The van der Waals surface area contributed by atoms with E-state index in [1.54, 1.807) is 0 Å². The second kappa shape index (κ2) is 4.83. The van der Waals surface area contributed by atoms with Crippen LogP contribution in [0.1, 0.15) is 51.9 Å². The Kier molecular flexibility index (Phi) is 3.38. The molecule has 0 bridgehead atoms. The van der Waals surface area contributed by atoms with Crippen LogP contribution in [-0.2, 0) is 0 Å². The van der Waals surface area contributed by atoms with Crippen molar-refractivity contribution in [1.29, 1.82) is 0 Å². The largest absolute Gasteiger partial charge is 0.364 e. The molecule has 2 saturated carbocycles. The van der Waals surface area contributed by atoms with Crippen molar-refractivity contribution >= 4 is 16.9 Å². The Morgan fingerprint density at radius 1 is 1.29 bits per heavy atom. The lowest BCUT2D eigenvalue weighted by atomic mass is 9.76. The normalized spacial score (nSPS) is 32.3. The molecule has 1 aliphatic heterocycles. The van der Waals surface area contributed by atoms with E-state index in [-0.39, 0.29) is 0 Å². The number of aliphatic imine (C=N–C) groups is 1. The van der Waals surface area contributed by atoms with Gasteiger partial charge in [-0.2, -0.15) is 0 Å². The Morgan fingerprint density at radius 3 is 2.76 bits per heavy atom. The fourth-order valence-corrected chi connectivity index (χ4v) is 4.28. The highest BCUT2D eigenvalue weighted by Gasteiger charge is 2.35. The molecule has 1 unspecified atom stereocenters. The van der Waals surface area contributed by atoms with Crippen molar-refractivity contribution in [2.24, 2.45) is 16.3 Å². The lowest BCUT2D eigenvalue weighted by molar-refractivity contribution is 0.218. The van der Waals surface area contributed by atoms with Gasteiger partial charge in [0.25, 0.3) is 0 Å². The SMILES string of the molecule is CC1(CNC2=NCC(C3CC3)S2)CCCCC1. The van der Waals surface area contributed by atoms with Crippen molar-refractivity contribution in [2.75, 3.05) is 13.1 Å². The summed E-state index contributed by atoms with van der Waals surface area (Å²) >= 11 is 2.01. The van der Waals surface area contributed by atoms with Crippen molar-refractivity contribution in [2.45, 2.75) is 57.1 Å². The summed E-state index contributed by atoms with van der Waals surface area (Å²) in [6, 6.07) is 0. The van der Waals surface area contributed by atoms with Crippen LogP contribution in [0.3, 0.4) is 0 Å². The van der Waals surface area contributed by atoms with Crippen molar-refractivity contribution < 1.29 is 0 Å². The average Bonchev–Trinajstić information content (AvgIpc) is 3.07. The second-order valence-electron chi connectivity index (χ2n) is 6.36. The van der Waals surface area contributed by atoms with Crippen LogP contribution in [0.5, 0.6) is 0 Å². The maximum atomic E-state index is 4.66. The van der Waals surface area contributed by atoms with Gasteiger partial charge in [0.1, 0.15) is 0 Å². The van der Waals surface area contributed by atoms with Crippen LogP contribution in [0, 0.1) is 11.3 Å². The molecule has 3 aliphatic rings. The first-order valence-electron chi connectivity index (χ1n) is 7.20. The minimum Gasteiger partial charge on any atom is -0.364 e. The van der Waals surface area contributed by atoms with Gasteiger partial charge in [-0.1, -0.05) is 37.9 Å². The Bertz CT molecular complexity index is 303. The molecule has 3 heteroatoms. The Balaban J connectivity index is 1.44. The van der Waals surface area contributed by atoms with E-state index in [0.29, 0.717) is 5.41 Å². The van der Waals surface area contributed by atoms with Gasteiger partial charge in [-0.15, -0.1) is 0 Å². The van der Waals surface area contributed by atoms with E-state index in [9.17, 15) is 0 Å². The van der Waals surface area contributed by atoms with E-state index in [4.69, 9.17) is 0 Å². The van der Waals surface area contributed by atoms with Crippen LogP contribution in [0.4, 0.5) is 0 Å². The zero-order valence-corrected chi connectivity index (χ0v) is 11.7. The van der Waals surface area contributed by atoms with Crippen molar-refractivity contribution in [3.8, 4) is 0 Å². The molecule has 0 radical (unpaired) electrons. The van der Waals surface area contributed by atoms with Crippen LogP contribution in [0.2, 0.25) is 0 Å². The molecular formula is C14H24N2S. The molecule has 2 nitrogen and oxygen atoms in total. The first-order chi connectivity index (χ1) is 8.25. The molecule has 3 rings (SSSR count). The molecule has 1 N–H and O–H groups in total. The van der Waals surface area contributed by atoms with Gasteiger partial charge >= 0.3 is 0 Å². The number of thioether (sulfide) groups is 1. The zero-order valence-electron chi connectivity index (χ0n) is 10.9. The summed E-state index contributed by atoms with van der Waals surface area (Å²) in [6.45, 7) is 4.64. The first kappa shape index (κ1) is 11.9. The molecule has 1 heterocycles. The Hall–Kier alpha value is -0.180. The summed E-state index contributed by atoms with van der Waals surface area (Å²) in [5.41, 5.74) is 0.527. The lowest BCUT2D eigenvalue weighted by Crippen LogP contribution is -2.35. The van der Waals surface area contributed by atoms with Crippen LogP contribution in [-0.4, -0.2) is 23.5 Å². The summed E-state index contributed by atoms with van der Waals surface area (Å²) in [5.74, 6) is 0.980. The van der Waals surface area contributed by atoms with Gasteiger partial charge in [0, 0.05) is 11.8 Å². The predicted molar refractivity (Wildman–Crippen MR) is 75.6 cm³/mol. The average molecular weight is 252 g/mol. The number of nitrogens with one attached hydrogen (secondary N) is 1. The van der Waals surface area contributed by atoms with E-state index in [1.165, 1.54) is 50.1 Å². The Labute approximate surface area is 109 Å². The number of rotatable bonds is 3. The monoisotopic (exact) mass is 252 g/mol. The highest BCUT2D eigenvalue weighted by molar-refractivity contribution is 8.14. The van der Waals surface area contributed by atoms with Gasteiger partial charge in [-0.25, -0.2) is 0 Å². The first-order valence-corrected chi connectivity index (χ1v) is 8.08. The fraction of sp³-hybridized carbons (Fsp3) is 0.929. The molecule has 1 atom stereocenters. The predicted octanol–water partition coefficient (Wildman–Crippen LogP) is 3.43. The van der Waals surface area contributed by atoms with Crippen LogP contribution in [0.15, 0.2) is 4.99 Å². The minimum atomic E-state index is 0.527. The summed E-state index contributed by atoms with van der Waals surface area (Å²) in [7, 11) is 0. The third-order valence-electron chi connectivity index (χ3n) is 4.55. The number of nitrogens with zero attached hydrogens (tertiary/aromatic N) is 1. The topological polar surface area (TPSA) is 24.4 Å². The van der Waals surface area contributed by atoms with Gasteiger partial charge < -0.3 is 5.32 Å². The summed E-state index contributed by atoms with van der Waals surface area (Å²) in [4.78, 5) is 4.66. The van der Waals surface area contributed by atoms with Gasteiger partial charge in [-0.05, 0) is 37.0 Å². The molecule has 2 aliphatic carbocycles. The molecule has 0 aromatic carbocycles. The molecule has 2 fully saturated rings. The third kappa shape index (κ3) is 2.98. The van der Waals surface area contributed by atoms with Crippen molar-refractivity contribution in [1.82, 2.24) is 5.32 Å². The summed E-state index contributed by atoms with van der Waals surface area (Å²) in [5, 5.41) is 5.65. The molecular weight excluding hydrogens is 228 g/mol. The lowest BCUT2D eigenvalue weighted by Gasteiger charge is -2.33. The number of hydrogen-bond acceptors (Lipinski definition) is 3. The smallest absolute Gasteiger partial charge is 0.156 e. The zero-order chi connectivity index (χ0) is 11.7. The molecule has 0 saturated heterocycles. The molecule has 0 aromatic heterocycles. The van der Waals surface area contributed by atoms with Gasteiger partial charge in [0.2, 0.25) is 0 Å². The molecule has 0 amide bonds. The second-order valence-corrected chi connectivity index (χ2v) is 7.59. The number of hydrogen-bond donors (Lipinski definition) is 1. The summed E-state index contributed by atoms with van der Waals surface area (Å²) < 4.78 is 0. The van der Waals surface area contributed by atoms with Crippen molar-refractivity contribution in [3.05, 3.63) is 0 Å². The molecule has 0 spiro atoms. The molecule has 96 valence electrons. The Morgan fingerprint density at radius 2 is 2.06 bits per heavy atom. The van der Waals surface area contributed by atoms with E-state index in [2.05, 4.69) is 17.2 Å². The van der Waals surface area contributed by atoms with Gasteiger partial charge in [-0.3, -0.25) is 4.99 Å². The minimum absolute atomic E-state index is 0.527.